The van der Waals surface area contributed by atoms with Crippen molar-refractivity contribution in [2.24, 2.45) is 23.2 Å². The Hall–Kier alpha value is -0.260. The highest BCUT2D eigenvalue weighted by Crippen LogP contribution is 2.33. The van der Waals surface area contributed by atoms with Crippen LogP contribution in [0.2, 0.25) is 0 Å². The highest BCUT2D eigenvalue weighted by Gasteiger charge is 2.21. The van der Waals surface area contributed by atoms with E-state index in [1.165, 1.54) is 19.3 Å². The Bertz CT molecular complexity index is 198. The second-order valence-electron chi connectivity index (χ2n) is 6.66. The van der Waals surface area contributed by atoms with Crippen molar-refractivity contribution < 1.29 is 0 Å². The lowest BCUT2D eigenvalue weighted by atomic mass is 9.77. The summed E-state index contributed by atoms with van der Waals surface area (Å²) in [7, 11) is 0. The smallest absolute Gasteiger partial charge is 0.0236 e. The lowest BCUT2D eigenvalue weighted by Gasteiger charge is -2.29. The van der Waals surface area contributed by atoms with E-state index in [1.54, 1.807) is 0 Å². The standard InChI is InChI=1S/C16H32/c1-8-9-14(4)15(5)10-11-16(6,7)12-13(2)3/h8-9,13-15H,10-12H2,1-7H3. The second kappa shape index (κ2) is 7.14. The maximum atomic E-state index is 2.42. The molecule has 0 spiro atoms. The Kier molecular flexibility index (Phi) is 7.03. The lowest BCUT2D eigenvalue weighted by molar-refractivity contribution is 0.234. The molecule has 0 aliphatic carbocycles. The fourth-order valence-corrected chi connectivity index (χ4v) is 2.58. The van der Waals surface area contributed by atoms with Gasteiger partial charge in [0.25, 0.3) is 0 Å². The van der Waals surface area contributed by atoms with Crippen LogP contribution in [-0.4, -0.2) is 0 Å². The first-order chi connectivity index (χ1) is 7.28. The normalized spacial score (nSPS) is 17.0. The third-order valence-corrected chi connectivity index (χ3v) is 3.63. The molecule has 0 aromatic carbocycles. The molecule has 0 amide bonds. The van der Waals surface area contributed by atoms with Gasteiger partial charge in [0.15, 0.2) is 0 Å². The first-order valence-corrected chi connectivity index (χ1v) is 6.91. The minimum atomic E-state index is 0.512. The largest absolute Gasteiger partial charge is 0.0914 e. The van der Waals surface area contributed by atoms with Crippen LogP contribution in [0.15, 0.2) is 12.2 Å². The Morgan fingerprint density at radius 3 is 2.06 bits per heavy atom. The van der Waals surface area contributed by atoms with Crippen LogP contribution in [0.4, 0.5) is 0 Å². The Balaban J connectivity index is 4.03. The van der Waals surface area contributed by atoms with Crippen molar-refractivity contribution in [2.75, 3.05) is 0 Å². The summed E-state index contributed by atoms with van der Waals surface area (Å²) in [6.45, 7) is 16.3. The number of hydrogen-bond acceptors (Lipinski definition) is 0. The molecule has 0 fully saturated rings. The lowest BCUT2D eigenvalue weighted by Crippen LogP contribution is -2.17. The molecule has 0 nitrogen and oxygen atoms in total. The van der Waals surface area contributed by atoms with Gasteiger partial charge in [-0.05, 0) is 49.4 Å². The number of allylic oxidation sites excluding steroid dienone is 2. The van der Waals surface area contributed by atoms with Crippen LogP contribution in [0.3, 0.4) is 0 Å². The molecule has 2 atom stereocenters. The zero-order valence-electron chi connectivity index (χ0n) is 12.5. The van der Waals surface area contributed by atoms with Gasteiger partial charge in [0.2, 0.25) is 0 Å². The van der Waals surface area contributed by atoms with Crippen LogP contribution in [-0.2, 0) is 0 Å². The van der Waals surface area contributed by atoms with Crippen molar-refractivity contribution in [3.8, 4) is 0 Å². The predicted molar refractivity (Wildman–Crippen MR) is 75.6 cm³/mol. The van der Waals surface area contributed by atoms with Gasteiger partial charge in [-0.3, -0.25) is 0 Å². The van der Waals surface area contributed by atoms with Crippen molar-refractivity contribution in [1.82, 2.24) is 0 Å². The van der Waals surface area contributed by atoms with Gasteiger partial charge in [-0.15, -0.1) is 0 Å². The van der Waals surface area contributed by atoms with Crippen LogP contribution in [0.5, 0.6) is 0 Å². The summed E-state index contributed by atoms with van der Waals surface area (Å²) in [5.41, 5.74) is 0.512. The highest BCUT2D eigenvalue weighted by atomic mass is 14.3. The summed E-state index contributed by atoms with van der Waals surface area (Å²) >= 11 is 0. The molecule has 16 heavy (non-hydrogen) atoms. The molecule has 0 N–H and O–H groups in total. The molecule has 0 heterocycles. The Morgan fingerprint density at radius 2 is 1.62 bits per heavy atom. The van der Waals surface area contributed by atoms with Crippen LogP contribution < -0.4 is 0 Å². The van der Waals surface area contributed by atoms with Crippen LogP contribution in [0.1, 0.15) is 67.7 Å². The van der Waals surface area contributed by atoms with E-state index < -0.39 is 0 Å². The molecule has 0 aromatic heterocycles. The van der Waals surface area contributed by atoms with E-state index in [0.717, 1.165) is 17.8 Å². The minimum absolute atomic E-state index is 0.512. The predicted octanol–water partition coefficient (Wildman–Crippen LogP) is 5.69. The van der Waals surface area contributed by atoms with Crippen molar-refractivity contribution >= 4 is 0 Å². The summed E-state index contributed by atoms with van der Waals surface area (Å²) < 4.78 is 0. The molecule has 0 rings (SSSR count). The van der Waals surface area contributed by atoms with Gasteiger partial charge in [-0.2, -0.15) is 0 Å². The van der Waals surface area contributed by atoms with Crippen LogP contribution >= 0.6 is 0 Å². The summed E-state index contributed by atoms with van der Waals surface area (Å²) in [6, 6.07) is 0. The summed E-state index contributed by atoms with van der Waals surface area (Å²) in [5.74, 6) is 2.35. The fourth-order valence-electron chi connectivity index (χ4n) is 2.58. The molecule has 0 aliphatic rings. The summed E-state index contributed by atoms with van der Waals surface area (Å²) in [6.07, 6.45) is 8.57. The molecule has 2 unspecified atom stereocenters. The van der Waals surface area contributed by atoms with Gasteiger partial charge in [-0.1, -0.05) is 53.7 Å². The van der Waals surface area contributed by atoms with Gasteiger partial charge in [-0.25, -0.2) is 0 Å². The van der Waals surface area contributed by atoms with Crippen LogP contribution in [0, 0.1) is 23.2 Å². The monoisotopic (exact) mass is 224 g/mol. The molecule has 0 saturated carbocycles. The van der Waals surface area contributed by atoms with Crippen molar-refractivity contribution in [3.05, 3.63) is 12.2 Å². The van der Waals surface area contributed by atoms with E-state index in [9.17, 15) is 0 Å². The van der Waals surface area contributed by atoms with E-state index in [2.05, 4.69) is 60.6 Å². The van der Waals surface area contributed by atoms with E-state index in [-0.39, 0.29) is 0 Å². The van der Waals surface area contributed by atoms with Gasteiger partial charge < -0.3 is 0 Å². The third-order valence-electron chi connectivity index (χ3n) is 3.63. The molecule has 0 aliphatic heterocycles. The van der Waals surface area contributed by atoms with Gasteiger partial charge in [0.1, 0.15) is 0 Å². The number of rotatable bonds is 7. The number of hydrogen-bond donors (Lipinski definition) is 0. The minimum Gasteiger partial charge on any atom is -0.0914 e. The zero-order valence-corrected chi connectivity index (χ0v) is 12.5. The molecule has 0 radical (unpaired) electrons. The first kappa shape index (κ1) is 15.7. The van der Waals surface area contributed by atoms with Gasteiger partial charge >= 0.3 is 0 Å². The Morgan fingerprint density at radius 1 is 1.06 bits per heavy atom. The average Bonchev–Trinajstić information content (AvgIpc) is 2.12. The Labute approximate surface area is 104 Å². The SMILES string of the molecule is CC=CC(C)C(C)CCC(C)(C)CC(C)C. The molecule has 0 heteroatoms. The third kappa shape index (κ3) is 7.09. The maximum Gasteiger partial charge on any atom is -0.0236 e. The molecule has 96 valence electrons. The van der Waals surface area contributed by atoms with Gasteiger partial charge in [0, 0.05) is 0 Å². The van der Waals surface area contributed by atoms with E-state index in [4.69, 9.17) is 0 Å². The molecular formula is C16H32. The summed E-state index contributed by atoms with van der Waals surface area (Å²) in [5, 5.41) is 0. The molecule has 0 bridgehead atoms. The quantitative estimate of drug-likeness (QED) is 0.487. The van der Waals surface area contributed by atoms with Crippen LogP contribution in [0.25, 0.3) is 0 Å². The van der Waals surface area contributed by atoms with E-state index >= 15 is 0 Å². The molecular weight excluding hydrogens is 192 g/mol. The molecule has 0 saturated heterocycles. The topological polar surface area (TPSA) is 0 Å². The van der Waals surface area contributed by atoms with Crippen molar-refractivity contribution in [3.63, 3.8) is 0 Å². The molecule has 0 aromatic rings. The van der Waals surface area contributed by atoms with Crippen molar-refractivity contribution in [2.45, 2.75) is 67.7 Å². The van der Waals surface area contributed by atoms with E-state index in [1.807, 2.05) is 0 Å². The van der Waals surface area contributed by atoms with Gasteiger partial charge in [0.05, 0.1) is 0 Å². The highest BCUT2D eigenvalue weighted by molar-refractivity contribution is 4.86. The second-order valence-corrected chi connectivity index (χ2v) is 6.66. The van der Waals surface area contributed by atoms with Crippen molar-refractivity contribution in [1.29, 1.82) is 0 Å². The summed E-state index contributed by atoms with van der Waals surface area (Å²) in [4.78, 5) is 0. The van der Waals surface area contributed by atoms with E-state index in [0.29, 0.717) is 5.41 Å². The maximum absolute atomic E-state index is 2.42. The average molecular weight is 224 g/mol. The zero-order chi connectivity index (χ0) is 12.8. The fraction of sp³-hybridized carbons (Fsp3) is 0.875. The first-order valence-electron chi connectivity index (χ1n) is 6.91.